The van der Waals surface area contributed by atoms with Crippen molar-refractivity contribution in [2.75, 3.05) is 6.61 Å². The van der Waals surface area contributed by atoms with E-state index < -0.39 is 0 Å². The normalized spacial score (nSPS) is 20.5. The van der Waals surface area contributed by atoms with E-state index in [2.05, 4.69) is 10.3 Å². The number of rotatable bonds is 6. The molecule has 1 aromatic heterocycles. The highest BCUT2D eigenvalue weighted by Gasteiger charge is 2.23. The summed E-state index contributed by atoms with van der Waals surface area (Å²) in [5.74, 6) is 0.741. The van der Waals surface area contributed by atoms with Gasteiger partial charge < -0.3 is 14.5 Å². The van der Waals surface area contributed by atoms with E-state index >= 15 is 0 Å². The minimum Gasteiger partial charge on any atom is -0.450 e. The van der Waals surface area contributed by atoms with Crippen LogP contribution in [0.15, 0.2) is 10.7 Å². The lowest BCUT2D eigenvalue weighted by Gasteiger charge is -1.97. The van der Waals surface area contributed by atoms with Gasteiger partial charge in [-0.3, -0.25) is 0 Å². The van der Waals surface area contributed by atoms with Gasteiger partial charge in [-0.25, -0.2) is 0 Å². The maximum absolute atomic E-state index is 5.43. The number of nitrogens with zero attached hydrogens (tertiary/aromatic N) is 1. The van der Waals surface area contributed by atoms with Crippen LogP contribution >= 0.6 is 0 Å². The molecule has 2 aliphatic carbocycles. The molecule has 4 nitrogen and oxygen atoms in total. The van der Waals surface area contributed by atoms with Crippen LogP contribution < -0.4 is 10.1 Å². The molecule has 1 heterocycles. The van der Waals surface area contributed by atoms with Gasteiger partial charge in [-0.2, -0.15) is 4.98 Å². The van der Waals surface area contributed by atoms with Crippen LogP contribution in [0.4, 0.5) is 0 Å². The Morgan fingerprint density at radius 3 is 3.00 bits per heavy atom. The maximum atomic E-state index is 5.43. The van der Waals surface area contributed by atoms with Crippen LogP contribution in [0.5, 0.6) is 6.08 Å². The molecule has 2 aliphatic rings. The third-order valence-corrected chi connectivity index (χ3v) is 2.82. The Hall–Kier alpha value is -1.03. The van der Waals surface area contributed by atoms with Gasteiger partial charge in [-0.15, -0.1) is 0 Å². The number of nitrogens with one attached hydrogen (secondary N) is 1. The maximum Gasteiger partial charge on any atom is 0.393 e. The highest BCUT2D eigenvalue weighted by atomic mass is 16.6. The Morgan fingerprint density at radius 1 is 1.40 bits per heavy atom. The Labute approximate surface area is 89.0 Å². The van der Waals surface area contributed by atoms with Gasteiger partial charge in [0, 0.05) is 12.6 Å². The Bertz CT molecular complexity index is 299. The third kappa shape index (κ3) is 2.72. The third-order valence-electron chi connectivity index (χ3n) is 2.82. The Balaban J connectivity index is 1.45. The van der Waals surface area contributed by atoms with Gasteiger partial charge in [0.1, 0.15) is 6.26 Å². The van der Waals surface area contributed by atoms with Gasteiger partial charge >= 0.3 is 6.08 Å². The van der Waals surface area contributed by atoms with Crippen molar-refractivity contribution in [1.82, 2.24) is 10.3 Å². The van der Waals surface area contributed by atoms with Crippen LogP contribution in [0, 0.1) is 5.92 Å². The van der Waals surface area contributed by atoms with Crippen molar-refractivity contribution < 1.29 is 9.15 Å². The zero-order valence-electron chi connectivity index (χ0n) is 8.74. The summed E-state index contributed by atoms with van der Waals surface area (Å²) in [6.45, 7) is 1.55. The molecule has 1 aromatic rings. The molecule has 0 spiro atoms. The molecule has 3 rings (SSSR count). The first-order chi connectivity index (χ1) is 7.40. The molecule has 15 heavy (non-hydrogen) atoms. The fourth-order valence-corrected chi connectivity index (χ4v) is 1.45. The predicted octanol–water partition coefficient (Wildman–Crippen LogP) is 1.72. The second kappa shape index (κ2) is 3.85. The lowest BCUT2D eigenvalue weighted by molar-refractivity contribution is 0.219. The van der Waals surface area contributed by atoms with E-state index in [9.17, 15) is 0 Å². The van der Waals surface area contributed by atoms with Crippen molar-refractivity contribution in [1.29, 1.82) is 0 Å². The molecule has 0 saturated heterocycles. The van der Waals surface area contributed by atoms with Crippen LogP contribution in [0.3, 0.4) is 0 Å². The molecule has 2 saturated carbocycles. The minimum atomic E-state index is 0.425. The second-order valence-corrected chi connectivity index (χ2v) is 4.51. The first-order valence-electron chi connectivity index (χ1n) is 5.71. The zero-order chi connectivity index (χ0) is 10.1. The molecule has 0 radical (unpaired) electrons. The largest absolute Gasteiger partial charge is 0.450 e. The molecule has 4 heteroatoms. The fraction of sp³-hybridized carbons (Fsp3) is 0.727. The molecule has 0 amide bonds. The summed E-state index contributed by atoms with van der Waals surface area (Å²) in [5, 5.41) is 3.39. The van der Waals surface area contributed by atoms with Crippen LogP contribution in [0.1, 0.15) is 31.4 Å². The lowest BCUT2D eigenvalue weighted by atomic mass is 10.5. The van der Waals surface area contributed by atoms with Crippen LogP contribution in [0.2, 0.25) is 0 Å². The Kier molecular flexibility index (Phi) is 2.37. The van der Waals surface area contributed by atoms with Crippen molar-refractivity contribution in [3.63, 3.8) is 0 Å². The van der Waals surface area contributed by atoms with Gasteiger partial charge in [0.15, 0.2) is 0 Å². The smallest absolute Gasteiger partial charge is 0.393 e. The van der Waals surface area contributed by atoms with Crippen molar-refractivity contribution >= 4 is 0 Å². The minimum absolute atomic E-state index is 0.425. The van der Waals surface area contributed by atoms with Crippen molar-refractivity contribution in [2.24, 2.45) is 5.92 Å². The quantitative estimate of drug-likeness (QED) is 0.773. The molecule has 2 fully saturated rings. The highest BCUT2D eigenvalue weighted by molar-refractivity contribution is 5.00. The molecular formula is C11H16N2O2. The molecule has 0 aromatic carbocycles. The summed E-state index contributed by atoms with van der Waals surface area (Å²) in [7, 11) is 0. The van der Waals surface area contributed by atoms with E-state index in [1.807, 2.05) is 0 Å². The number of ether oxygens (including phenoxy) is 1. The van der Waals surface area contributed by atoms with Gasteiger partial charge in [-0.05, 0) is 31.6 Å². The first kappa shape index (κ1) is 9.21. The summed E-state index contributed by atoms with van der Waals surface area (Å²) >= 11 is 0. The monoisotopic (exact) mass is 208 g/mol. The average Bonchev–Trinajstić information content (AvgIpc) is 3.14. The predicted molar refractivity (Wildman–Crippen MR) is 54.6 cm³/mol. The van der Waals surface area contributed by atoms with E-state index in [0.717, 1.165) is 24.8 Å². The van der Waals surface area contributed by atoms with Gasteiger partial charge in [0.05, 0.1) is 12.3 Å². The Morgan fingerprint density at radius 2 is 2.27 bits per heavy atom. The van der Waals surface area contributed by atoms with E-state index in [1.165, 1.54) is 25.7 Å². The van der Waals surface area contributed by atoms with Crippen molar-refractivity contribution in [3.05, 3.63) is 12.0 Å². The van der Waals surface area contributed by atoms with Crippen LogP contribution in [0.25, 0.3) is 0 Å². The van der Waals surface area contributed by atoms with Crippen molar-refractivity contribution in [2.45, 2.75) is 38.3 Å². The summed E-state index contributed by atoms with van der Waals surface area (Å²) in [4.78, 5) is 4.26. The fourth-order valence-electron chi connectivity index (χ4n) is 1.45. The van der Waals surface area contributed by atoms with Gasteiger partial charge in [0.25, 0.3) is 0 Å². The van der Waals surface area contributed by atoms with Crippen LogP contribution in [-0.4, -0.2) is 17.6 Å². The summed E-state index contributed by atoms with van der Waals surface area (Å²) in [5.41, 5.74) is 0.938. The van der Waals surface area contributed by atoms with Gasteiger partial charge in [-0.1, -0.05) is 0 Å². The number of oxazole rings is 1. The first-order valence-corrected chi connectivity index (χ1v) is 5.71. The molecule has 0 bridgehead atoms. The summed E-state index contributed by atoms with van der Waals surface area (Å²) < 4.78 is 10.6. The van der Waals surface area contributed by atoms with E-state index in [1.54, 1.807) is 6.26 Å². The molecular weight excluding hydrogens is 192 g/mol. The van der Waals surface area contributed by atoms with Gasteiger partial charge in [0.2, 0.25) is 0 Å². The standard InChI is InChI=1S/C11H16N2O2/c1-2-8(1)6-14-11-13-10(7-15-11)5-12-9-3-4-9/h7-9,12H,1-6H2. The molecule has 0 unspecified atom stereocenters. The van der Waals surface area contributed by atoms with E-state index in [0.29, 0.717) is 12.1 Å². The average molecular weight is 208 g/mol. The second-order valence-electron chi connectivity index (χ2n) is 4.51. The topological polar surface area (TPSA) is 47.3 Å². The number of hydrogen-bond donors (Lipinski definition) is 1. The summed E-state index contributed by atoms with van der Waals surface area (Å²) in [6.07, 6.45) is 7.27. The van der Waals surface area contributed by atoms with Crippen LogP contribution in [-0.2, 0) is 6.54 Å². The zero-order valence-corrected chi connectivity index (χ0v) is 8.74. The molecule has 0 aliphatic heterocycles. The number of aromatic nitrogens is 1. The SMILES string of the molecule is c1oc(OCC2CC2)nc1CNC1CC1. The molecule has 0 atom stereocenters. The highest BCUT2D eigenvalue weighted by Crippen LogP contribution is 2.29. The molecule has 1 N–H and O–H groups in total. The lowest BCUT2D eigenvalue weighted by Crippen LogP contribution is -2.15. The summed E-state index contributed by atoms with van der Waals surface area (Å²) in [6, 6.07) is 0.706. The molecule has 82 valence electrons. The number of hydrogen-bond acceptors (Lipinski definition) is 4. The van der Waals surface area contributed by atoms with Crippen molar-refractivity contribution in [3.8, 4) is 6.08 Å². The van der Waals surface area contributed by atoms with E-state index in [4.69, 9.17) is 9.15 Å². The van der Waals surface area contributed by atoms with E-state index in [-0.39, 0.29) is 0 Å².